The van der Waals surface area contributed by atoms with Crippen LogP contribution >= 0.6 is 11.8 Å². The highest BCUT2D eigenvalue weighted by Gasteiger charge is 2.36. The number of carboxylic acids is 1. The highest BCUT2D eigenvalue weighted by atomic mass is 32.2. The van der Waals surface area contributed by atoms with E-state index in [1.807, 2.05) is 18.2 Å². The van der Waals surface area contributed by atoms with Gasteiger partial charge in [0, 0.05) is 22.9 Å². The zero-order valence-electron chi connectivity index (χ0n) is 20.2. The number of pyridine rings is 1. The third-order valence-electron chi connectivity index (χ3n) is 7.77. The molecular weight excluding hydrogens is 451 g/mol. The van der Waals surface area contributed by atoms with Crippen LogP contribution in [0, 0.1) is 11.2 Å². The first kappa shape index (κ1) is 25.2. The molecule has 2 aromatic rings. The van der Waals surface area contributed by atoms with Gasteiger partial charge in [0.1, 0.15) is 11.6 Å². The van der Waals surface area contributed by atoms with Crippen LogP contribution < -0.4 is 4.74 Å². The number of aliphatic carboxylic acids is 1. The number of fused-ring (bicyclic) bond motifs is 1. The summed E-state index contributed by atoms with van der Waals surface area (Å²) >= 11 is 2.12. The normalized spacial score (nSPS) is 19.0. The molecular formula is C27H37FN2O3S. The molecule has 0 atom stereocenters. The second-order valence-corrected chi connectivity index (χ2v) is 11.4. The Balaban J connectivity index is 1.34. The molecule has 0 bridgehead atoms. The van der Waals surface area contributed by atoms with E-state index >= 15 is 0 Å². The summed E-state index contributed by atoms with van der Waals surface area (Å²) in [5, 5.41) is 11.2. The Morgan fingerprint density at radius 1 is 1.29 bits per heavy atom. The van der Waals surface area contributed by atoms with Gasteiger partial charge in [0.2, 0.25) is 0 Å². The third-order valence-corrected chi connectivity index (χ3v) is 9.14. The van der Waals surface area contributed by atoms with E-state index in [9.17, 15) is 14.3 Å². The van der Waals surface area contributed by atoms with Crippen LogP contribution in [0.3, 0.4) is 0 Å². The van der Waals surface area contributed by atoms with Crippen molar-refractivity contribution in [3.63, 3.8) is 0 Å². The number of carboxylic acid groups (broad SMARTS) is 1. The first-order valence-electron chi connectivity index (χ1n) is 12.6. The first-order valence-corrected chi connectivity index (χ1v) is 13.7. The van der Waals surface area contributed by atoms with Crippen LogP contribution in [-0.2, 0) is 11.2 Å². The van der Waals surface area contributed by atoms with E-state index in [1.165, 1.54) is 37.6 Å². The number of halogens is 1. The number of aromatic nitrogens is 1. The van der Waals surface area contributed by atoms with Gasteiger partial charge in [-0.2, -0.15) is 11.8 Å². The molecule has 1 aromatic carbocycles. The predicted octanol–water partition coefficient (Wildman–Crippen LogP) is 5.94. The number of methoxy groups -OCH3 is 1. The monoisotopic (exact) mass is 488 g/mol. The molecule has 0 unspecified atom stereocenters. The number of carbonyl (C=O) groups is 1. The molecule has 34 heavy (non-hydrogen) atoms. The molecule has 4 rings (SSSR count). The Bertz CT molecular complexity index is 972. The number of aryl methyl sites for hydroxylation is 1. The van der Waals surface area contributed by atoms with E-state index in [0.29, 0.717) is 17.7 Å². The Labute approximate surface area is 206 Å². The minimum absolute atomic E-state index is 0.196. The van der Waals surface area contributed by atoms with Gasteiger partial charge in [0.15, 0.2) is 0 Å². The van der Waals surface area contributed by atoms with Gasteiger partial charge in [-0.1, -0.05) is 12.8 Å². The molecule has 0 spiro atoms. The van der Waals surface area contributed by atoms with Gasteiger partial charge in [0.05, 0.1) is 25.2 Å². The molecule has 1 saturated heterocycles. The minimum atomic E-state index is -0.726. The summed E-state index contributed by atoms with van der Waals surface area (Å²) in [5.74, 6) is 0.828. The van der Waals surface area contributed by atoms with Crippen molar-refractivity contribution in [1.29, 1.82) is 0 Å². The highest BCUT2D eigenvalue weighted by molar-refractivity contribution is 7.99. The maximum absolute atomic E-state index is 14.7. The number of hydrogen-bond donors (Lipinski definition) is 1. The Morgan fingerprint density at radius 3 is 2.76 bits per heavy atom. The zero-order chi connectivity index (χ0) is 24.0. The molecule has 1 aliphatic heterocycles. The molecule has 2 aliphatic rings. The van der Waals surface area contributed by atoms with Crippen LogP contribution in [0.5, 0.6) is 5.75 Å². The Kier molecular flexibility index (Phi) is 8.70. The fraction of sp³-hybridized carbons (Fsp3) is 0.630. The largest absolute Gasteiger partial charge is 0.497 e. The number of likely N-dealkylation sites (tertiary alicyclic amines) is 1. The molecule has 2 fully saturated rings. The van der Waals surface area contributed by atoms with E-state index in [4.69, 9.17) is 4.74 Å². The maximum atomic E-state index is 14.7. The van der Waals surface area contributed by atoms with Gasteiger partial charge >= 0.3 is 5.97 Å². The van der Waals surface area contributed by atoms with Crippen molar-refractivity contribution in [3.8, 4) is 5.75 Å². The van der Waals surface area contributed by atoms with Crippen molar-refractivity contribution in [2.24, 2.45) is 5.41 Å². The number of hydrogen-bond acceptors (Lipinski definition) is 5. The summed E-state index contributed by atoms with van der Waals surface area (Å²) in [4.78, 5) is 18.4. The van der Waals surface area contributed by atoms with Gasteiger partial charge in [-0.25, -0.2) is 4.39 Å². The lowest BCUT2D eigenvalue weighted by atomic mass is 9.72. The zero-order valence-corrected chi connectivity index (χ0v) is 21.0. The smallest absolute Gasteiger partial charge is 0.303 e. The summed E-state index contributed by atoms with van der Waals surface area (Å²) in [6.45, 7) is 3.02. The SMILES string of the molecule is COc1ccc2ncc(F)c(CCCC3(CC(=O)O)CCN(CCSC4CCCC4)CC3)c2c1. The molecule has 1 N–H and O–H groups in total. The lowest BCUT2D eigenvalue weighted by Gasteiger charge is -2.41. The summed E-state index contributed by atoms with van der Waals surface area (Å²) in [5.41, 5.74) is 1.20. The van der Waals surface area contributed by atoms with Crippen LogP contribution in [0.1, 0.15) is 63.4 Å². The number of thioether (sulfide) groups is 1. The van der Waals surface area contributed by atoms with Gasteiger partial charge in [-0.15, -0.1) is 0 Å². The van der Waals surface area contributed by atoms with E-state index in [1.54, 1.807) is 7.11 Å². The molecule has 186 valence electrons. The summed E-state index contributed by atoms with van der Waals surface area (Å²) < 4.78 is 20.0. The first-order chi connectivity index (χ1) is 16.5. The number of ether oxygens (including phenoxy) is 1. The van der Waals surface area contributed by atoms with Crippen molar-refractivity contribution in [3.05, 3.63) is 35.8 Å². The number of rotatable bonds is 11. The quantitative estimate of drug-likeness (QED) is 0.422. The van der Waals surface area contributed by atoms with Crippen LogP contribution in [-0.4, -0.2) is 58.7 Å². The van der Waals surface area contributed by atoms with Crippen LogP contribution in [0.15, 0.2) is 24.4 Å². The van der Waals surface area contributed by atoms with Gasteiger partial charge in [-0.05, 0) is 87.2 Å². The minimum Gasteiger partial charge on any atom is -0.497 e. The highest BCUT2D eigenvalue weighted by Crippen LogP contribution is 2.40. The van der Waals surface area contributed by atoms with Gasteiger partial charge in [-0.3, -0.25) is 9.78 Å². The molecule has 5 nitrogen and oxygen atoms in total. The van der Waals surface area contributed by atoms with Crippen LogP contribution in [0.25, 0.3) is 10.9 Å². The maximum Gasteiger partial charge on any atom is 0.303 e. The summed E-state index contributed by atoms with van der Waals surface area (Å²) in [6, 6.07) is 5.53. The number of piperidine rings is 1. The second kappa shape index (κ2) is 11.7. The van der Waals surface area contributed by atoms with E-state index in [0.717, 1.165) is 61.5 Å². The molecule has 1 saturated carbocycles. The third kappa shape index (κ3) is 6.42. The standard InChI is InChI=1S/C27H37FN2O3S/c1-33-20-8-9-25-23(17-20)22(24(28)19-29-25)7-4-10-27(18-26(31)32)11-13-30(14-12-27)15-16-34-21-5-2-3-6-21/h8-9,17,19,21H,2-7,10-16,18H2,1H3,(H,31,32). The van der Waals surface area contributed by atoms with E-state index in [2.05, 4.69) is 21.6 Å². The average molecular weight is 489 g/mol. The number of benzene rings is 1. The van der Waals surface area contributed by atoms with E-state index in [-0.39, 0.29) is 17.7 Å². The second-order valence-electron chi connectivity index (χ2n) is 10.0. The number of nitrogens with zero attached hydrogens (tertiary/aromatic N) is 2. The van der Waals surface area contributed by atoms with Crippen molar-refractivity contribution < 1.29 is 19.0 Å². The van der Waals surface area contributed by atoms with Crippen LogP contribution in [0.2, 0.25) is 0 Å². The molecule has 0 amide bonds. The topological polar surface area (TPSA) is 62.7 Å². The van der Waals surface area contributed by atoms with E-state index < -0.39 is 5.97 Å². The van der Waals surface area contributed by atoms with Gasteiger partial charge < -0.3 is 14.7 Å². The summed E-state index contributed by atoms with van der Waals surface area (Å²) in [6.07, 6.45) is 10.9. The summed E-state index contributed by atoms with van der Waals surface area (Å²) in [7, 11) is 1.60. The lowest BCUT2D eigenvalue weighted by molar-refractivity contribution is -0.140. The Morgan fingerprint density at radius 2 is 2.06 bits per heavy atom. The average Bonchev–Trinajstić information content (AvgIpc) is 3.35. The molecule has 1 aromatic heterocycles. The fourth-order valence-electron chi connectivity index (χ4n) is 5.71. The van der Waals surface area contributed by atoms with Crippen LogP contribution in [0.4, 0.5) is 4.39 Å². The van der Waals surface area contributed by atoms with Crippen molar-refractivity contribution >= 4 is 28.6 Å². The molecule has 0 radical (unpaired) electrons. The van der Waals surface area contributed by atoms with Crippen molar-refractivity contribution in [2.75, 3.05) is 32.5 Å². The predicted molar refractivity (Wildman–Crippen MR) is 136 cm³/mol. The fourth-order valence-corrected chi connectivity index (χ4v) is 7.08. The molecule has 2 heterocycles. The molecule has 7 heteroatoms. The van der Waals surface area contributed by atoms with Crippen molar-refractivity contribution in [2.45, 2.75) is 69.5 Å². The Hall–Kier alpha value is -1.86. The van der Waals surface area contributed by atoms with Crippen molar-refractivity contribution in [1.82, 2.24) is 9.88 Å². The lowest BCUT2D eigenvalue weighted by Crippen LogP contribution is -2.42. The van der Waals surface area contributed by atoms with Gasteiger partial charge in [0.25, 0.3) is 0 Å². The molecule has 1 aliphatic carbocycles.